The molecule has 3 nitrogen and oxygen atoms in total. The van der Waals surface area contributed by atoms with Gasteiger partial charge in [0, 0.05) is 17.6 Å². The second kappa shape index (κ2) is 2.77. The predicted molar refractivity (Wildman–Crippen MR) is 45.5 cm³/mol. The Balaban J connectivity index is 2.45. The molecule has 0 aromatic carbocycles. The van der Waals surface area contributed by atoms with Crippen molar-refractivity contribution in [3.05, 3.63) is 36.2 Å². The van der Waals surface area contributed by atoms with E-state index in [-0.39, 0.29) is 0 Å². The molecular weight excluding hydrogens is 150 g/mol. The maximum absolute atomic E-state index is 4.16. The van der Waals surface area contributed by atoms with Gasteiger partial charge in [-0.2, -0.15) is 0 Å². The first-order valence-electron chi connectivity index (χ1n) is 3.75. The van der Waals surface area contributed by atoms with Crippen molar-refractivity contribution in [2.75, 3.05) is 0 Å². The first-order chi connectivity index (χ1) is 5.86. The van der Waals surface area contributed by atoms with Crippen LogP contribution in [0.5, 0.6) is 0 Å². The van der Waals surface area contributed by atoms with Crippen molar-refractivity contribution in [2.45, 2.75) is 6.92 Å². The molecule has 0 aliphatic carbocycles. The summed E-state index contributed by atoms with van der Waals surface area (Å²) in [6, 6.07) is 7.66. The van der Waals surface area contributed by atoms with E-state index in [0.29, 0.717) is 0 Å². The van der Waals surface area contributed by atoms with Gasteiger partial charge in [0.15, 0.2) is 0 Å². The van der Waals surface area contributed by atoms with Gasteiger partial charge in [0.05, 0.1) is 0 Å². The molecule has 3 heteroatoms. The highest BCUT2D eigenvalue weighted by molar-refractivity contribution is 5.53. The third-order valence-electron chi connectivity index (χ3n) is 1.59. The molecule has 0 saturated heterocycles. The molecule has 0 fully saturated rings. The van der Waals surface area contributed by atoms with E-state index in [9.17, 15) is 0 Å². The molecule has 0 atom stereocenters. The van der Waals surface area contributed by atoms with Crippen LogP contribution in [0.3, 0.4) is 0 Å². The van der Waals surface area contributed by atoms with E-state index >= 15 is 0 Å². The van der Waals surface area contributed by atoms with Crippen molar-refractivity contribution >= 4 is 0 Å². The predicted octanol–water partition coefficient (Wildman–Crippen LogP) is 1.41. The molecule has 2 aromatic heterocycles. The minimum atomic E-state index is 0.841. The Hall–Kier alpha value is -1.64. The molecule has 0 radical (unpaired) electrons. The smallest absolute Gasteiger partial charge is 0.0494 e. The van der Waals surface area contributed by atoms with Gasteiger partial charge in [0.25, 0.3) is 0 Å². The lowest BCUT2D eigenvalue weighted by Gasteiger charge is -2.01. The molecule has 60 valence electrons. The molecule has 0 bridgehead atoms. The van der Waals surface area contributed by atoms with Crippen LogP contribution in [-0.2, 0) is 0 Å². The average molecular weight is 158 g/mol. The van der Waals surface area contributed by atoms with Crippen LogP contribution in [0, 0.1) is 6.92 Å². The molecule has 2 heterocycles. The molecule has 0 N–H and O–H groups in total. The van der Waals surface area contributed by atoms with Crippen LogP contribution in [0.15, 0.2) is 30.5 Å². The fourth-order valence-corrected chi connectivity index (χ4v) is 1.03. The van der Waals surface area contributed by atoms with Gasteiger partial charge in [-0.15, -0.1) is 0 Å². The zero-order valence-electron chi connectivity index (χ0n) is 6.73. The highest BCUT2D eigenvalue weighted by Crippen LogP contribution is 2.12. The number of hydrogen-bond donors (Lipinski definition) is 0. The molecule has 2 rings (SSSR count). The first-order valence-corrected chi connectivity index (χ1v) is 3.75. The van der Waals surface area contributed by atoms with E-state index in [1.165, 1.54) is 0 Å². The van der Waals surface area contributed by atoms with Gasteiger partial charge >= 0.3 is 0 Å². The Bertz CT molecular complexity index is 364. The lowest BCUT2D eigenvalue weighted by Crippen LogP contribution is -1.83. The first kappa shape index (κ1) is 7.03. The van der Waals surface area contributed by atoms with E-state index in [2.05, 4.69) is 15.2 Å². The molecular formula is C9H8N3-. The summed E-state index contributed by atoms with van der Waals surface area (Å²) < 4.78 is 0. The number of aryl methyl sites for hydroxylation is 1. The Kier molecular flexibility index (Phi) is 1.63. The van der Waals surface area contributed by atoms with Crippen LogP contribution in [0.25, 0.3) is 11.4 Å². The minimum absolute atomic E-state index is 0.841. The van der Waals surface area contributed by atoms with Gasteiger partial charge in [0.1, 0.15) is 0 Å². The van der Waals surface area contributed by atoms with Crippen LogP contribution >= 0.6 is 0 Å². The van der Waals surface area contributed by atoms with Crippen LogP contribution < -0.4 is 5.10 Å². The zero-order chi connectivity index (χ0) is 8.39. The quantitative estimate of drug-likeness (QED) is 0.630. The molecule has 0 aliphatic rings. The van der Waals surface area contributed by atoms with Gasteiger partial charge < -0.3 is 10.2 Å². The van der Waals surface area contributed by atoms with Crippen LogP contribution in [0.2, 0.25) is 0 Å². The standard InChI is InChI=1S/C9H8N3/c1-7-6-9(12-11-7)8-4-2-3-5-10-8/h2-6H,1H3/q-1. The largest absolute Gasteiger partial charge is 0.574 e. The topological polar surface area (TPSA) is 39.9 Å². The summed E-state index contributed by atoms with van der Waals surface area (Å²) >= 11 is 0. The zero-order valence-corrected chi connectivity index (χ0v) is 6.73. The summed E-state index contributed by atoms with van der Waals surface area (Å²) in [7, 11) is 0. The van der Waals surface area contributed by atoms with Crippen molar-refractivity contribution in [1.82, 2.24) is 15.2 Å². The number of aromatic nitrogens is 3. The van der Waals surface area contributed by atoms with Crippen molar-refractivity contribution < 1.29 is 0 Å². The van der Waals surface area contributed by atoms with Gasteiger partial charge in [0.2, 0.25) is 0 Å². The van der Waals surface area contributed by atoms with E-state index in [1.54, 1.807) is 6.20 Å². The lowest BCUT2D eigenvalue weighted by molar-refractivity contribution is 1.02. The van der Waals surface area contributed by atoms with Gasteiger partial charge in [-0.25, -0.2) is 0 Å². The van der Waals surface area contributed by atoms with E-state index in [0.717, 1.165) is 17.1 Å². The molecule has 0 saturated carbocycles. The summed E-state index contributed by atoms with van der Waals surface area (Å²) in [6.45, 7) is 1.92. The SMILES string of the molecule is Cc1cc(-c2ccccn2)[n-]n1. The van der Waals surface area contributed by atoms with Gasteiger partial charge in [-0.3, -0.25) is 4.98 Å². The minimum Gasteiger partial charge on any atom is -0.574 e. The fraction of sp³-hybridized carbons (Fsp3) is 0.111. The monoisotopic (exact) mass is 158 g/mol. The molecule has 2 aromatic rings. The Morgan fingerprint density at radius 3 is 2.83 bits per heavy atom. The number of rotatable bonds is 1. The van der Waals surface area contributed by atoms with Crippen LogP contribution in [0.1, 0.15) is 5.69 Å². The summed E-state index contributed by atoms with van der Waals surface area (Å²) in [5.41, 5.74) is 2.64. The van der Waals surface area contributed by atoms with Crippen molar-refractivity contribution in [3.8, 4) is 11.4 Å². The lowest BCUT2D eigenvalue weighted by atomic mass is 10.2. The summed E-state index contributed by atoms with van der Waals surface area (Å²) in [5.74, 6) is 0. The summed E-state index contributed by atoms with van der Waals surface area (Å²) in [6.07, 6.45) is 1.75. The molecule has 12 heavy (non-hydrogen) atoms. The normalized spacial score (nSPS) is 10.1. The molecule has 0 amide bonds. The van der Waals surface area contributed by atoms with Crippen LogP contribution in [0.4, 0.5) is 0 Å². The Morgan fingerprint density at radius 2 is 2.25 bits per heavy atom. The van der Waals surface area contributed by atoms with Crippen LogP contribution in [-0.4, -0.2) is 10.1 Å². The maximum Gasteiger partial charge on any atom is 0.0494 e. The molecule has 0 spiro atoms. The fourth-order valence-electron chi connectivity index (χ4n) is 1.03. The number of pyridine rings is 1. The third kappa shape index (κ3) is 1.21. The summed E-state index contributed by atoms with van der Waals surface area (Å²) in [5, 5.41) is 7.88. The van der Waals surface area contributed by atoms with Crippen molar-refractivity contribution in [3.63, 3.8) is 0 Å². The van der Waals surface area contributed by atoms with E-state index < -0.39 is 0 Å². The maximum atomic E-state index is 4.16. The van der Waals surface area contributed by atoms with E-state index in [4.69, 9.17) is 0 Å². The highest BCUT2D eigenvalue weighted by atomic mass is 15.1. The Labute approximate surface area is 70.5 Å². The number of hydrogen-bond acceptors (Lipinski definition) is 2. The highest BCUT2D eigenvalue weighted by Gasteiger charge is 1.90. The van der Waals surface area contributed by atoms with Gasteiger partial charge in [-0.05, 0) is 19.1 Å². The second-order valence-electron chi connectivity index (χ2n) is 2.59. The second-order valence-corrected chi connectivity index (χ2v) is 2.59. The van der Waals surface area contributed by atoms with Gasteiger partial charge in [-0.1, -0.05) is 17.8 Å². The average Bonchev–Trinajstić information content (AvgIpc) is 2.54. The molecule has 0 aliphatic heterocycles. The number of nitrogens with zero attached hydrogens (tertiary/aromatic N) is 3. The third-order valence-corrected chi connectivity index (χ3v) is 1.59. The summed E-state index contributed by atoms with van der Waals surface area (Å²) in [4.78, 5) is 4.16. The van der Waals surface area contributed by atoms with E-state index in [1.807, 2.05) is 31.2 Å². The molecule has 0 unspecified atom stereocenters. The van der Waals surface area contributed by atoms with Crippen molar-refractivity contribution in [2.24, 2.45) is 0 Å². The van der Waals surface area contributed by atoms with Crippen molar-refractivity contribution in [1.29, 1.82) is 0 Å². The Morgan fingerprint density at radius 1 is 1.33 bits per heavy atom.